The van der Waals surface area contributed by atoms with Gasteiger partial charge in [0.1, 0.15) is 0 Å². The molecule has 0 saturated carbocycles. The Morgan fingerprint density at radius 2 is 2.14 bits per heavy atom. The fourth-order valence-corrected chi connectivity index (χ4v) is 2.87. The highest BCUT2D eigenvalue weighted by molar-refractivity contribution is 9.10. The van der Waals surface area contributed by atoms with Crippen molar-refractivity contribution in [3.8, 4) is 0 Å². The van der Waals surface area contributed by atoms with E-state index in [1.807, 2.05) is 42.6 Å². The fraction of sp³-hybridized carbons (Fsp3) is 0.312. The second-order valence-electron chi connectivity index (χ2n) is 4.81. The van der Waals surface area contributed by atoms with Gasteiger partial charge in [-0.15, -0.1) is 0 Å². The van der Waals surface area contributed by atoms with Gasteiger partial charge in [0.15, 0.2) is 0 Å². The molecule has 5 heteroatoms. The van der Waals surface area contributed by atoms with E-state index in [1.54, 1.807) is 0 Å². The number of rotatable bonds is 6. The number of aromatic nitrogens is 1. The molecular weight excluding hydrogens is 350 g/mol. The highest BCUT2D eigenvalue weighted by Gasteiger charge is 2.19. The standard InChI is InChI=1S/C16H19BrClN3/c1-2-21(11-13-5-3-4-8-20-13)16(10-19)12-6-7-15(18)14(17)9-12/h3-9,16H,2,10-11,19H2,1H3. The van der Waals surface area contributed by atoms with Gasteiger partial charge in [-0.05, 0) is 52.3 Å². The van der Waals surface area contributed by atoms with Crippen LogP contribution in [-0.4, -0.2) is 23.0 Å². The van der Waals surface area contributed by atoms with Crippen molar-refractivity contribution in [2.45, 2.75) is 19.5 Å². The van der Waals surface area contributed by atoms with E-state index in [1.165, 1.54) is 0 Å². The lowest BCUT2D eigenvalue weighted by Crippen LogP contribution is -2.33. The molecule has 0 bridgehead atoms. The number of hydrogen-bond acceptors (Lipinski definition) is 3. The Bertz CT molecular complexity index is 577. The van der Waals surface area contributed by atoms with E-state index < -0.39 is 0 Å². The molecule has 2 rings (SSSR count). The quantitative estimate of drug-likeness (QED) is 0.837. The van der Waals surface area contributed by atoms with Crippen LogP contribution in [-0.2, 0) is 6.54 Å². The molecule has 1 aromatic carbocycles. The first-order valence-corrected chi connectivity index (χ1v) is 8.11. The molecule has 2 N–H and O–H groups in total. The SMILES string of the molecule is CCN(Cc1ccccn1)C(CN)c1ccc(Cl)c(Br)c1. The van der Waals surface area contributed by atoms with Gasteiger partial charge >= 0.3 is 0 Å². The van der Waals surface area contributed by atoms with E-state index in [2.05, 4.69) is 32.7 Å². The van der Waals surface area contributed by atoms with E-state index in [9.17, 15) is 0 Å². The van der Waals surface area contributed by atoms with Crippen molar-refractivity contribution in [3.63, 3.8) is 0 Å². The van der Waals surface area contributed by atoms with E-state index in [0.29, 0.717) is 11.6 Å². The van der Waals surface area contributed by atoms with Gasteiger partial charge in [-0.2, -0.15) is 0 Å². The monoisotopic (exact) mass is 367 g/mol. The maximum Gasteiger partial charge on any atom is 0.0548 e. The van der Waals surface area contributed by atoms with Crippen molar-refractivity contribution in [1.82, 2.24) is 9.88 Å². The molecule has 1 atom stereocenters. The van der Waals surface area contributed by atoms with Gasteiger partial charge in [0.05, 0.1) is 10.7 Å². The number of pyridine rings is 1. The molecule has 0 fully saturated rings. The zero-order valence-electron chi connectivity index (χ0n) is 12.0. The summed E-state index contributed by atoms with van der Waals surface area (Å²) in [6.45, 7) is 4.36. The average Bonchev–Trinajstić information content (AvgIpc) is 2.51. The lowest BCUT2D eigenvalue weighted by atomic mass is 10.0. The number of halogens is 2. The van der Waals surface area contributed by atoms with Crippen LogP contribution in [0.3, 0.4) is 0 Å². The summed E-state index contributed by atoms with van der Waals surface area (Å²) in [5.74, 6) is 0. The Morgan fingerprint density at radius 3 is 2.71 bits per heavy atom. The molecule has 3 nitrogen and oxygen atoms in total. The third-order valence-corrected chi connectivity index (χ3v) is 4.70. The third-order valence-electron chi connectivity index (χ3n) is 3.49. The topological polar surface area (TPSA) is 42.2 Å². The normalized spacial score (nSPS) is 12.6. The Kier molecular flexibility index (Phi) is 6.18. The molecule has 0 aliphatic heterocycles. The summed E-state index contributed by atoms with van der Waals surface area (Å²) < 4.78 is 0.897. The molecule has 0 amide bonds. The van der Waals surface area contributed by atoms with Crippen LogP contribution in [0.1, 0.15) is 24.2 Å². The minimum absolute atomic E-state index is 0.144. The molecule has 0 saturated heterocycles. The van der Waals surface area contributed by atoms with Crippen LogP contribution in [0.5, 0.6) is 0 Å². The Labute approximate surface area is 139 Å². The minimum atomic E-state index is 0.144. The van der Waals surface area contributed by atoms with Crippen molar-refractivity contribution in [2.75, 3.05) is 13.1 Å². The number of nitrogens with two attached hydrogens (primary N) is 1. The Balaban J connectivity index is 2.22. The van der Waals surface area contributed by atoms with Crippen molar-refractivity contribution in [1.29, 1.82) is 0 Å². The van der Waals surface area contributed by atoms with Crippen LogP contribution in [0.2, 0.25) is 5.02 Å². The third kappa shape index (κ3) is 4.27. The summed E-state index contributed by atoms with van der Waals surface area (Å²) in [4.78, 5) is 6.71. The van der Waals surface area contributed by atoms with Crippen LogP contribution in [0.4, 0.5) is 0 Å². The summed E-state index contributed by atoms with van der Waals surface area (Å²) in [6, 6.07) is 12.1. The summed E-state index contributed by atoms with van der Waals surface area (Å²) in [6.07, 6.45) is 1.82. The summed E-state index contributed by atoms with van der Waals surface area (Å²) >= 11 is 9.55. The van der Waals surface area contributed by atoms with Gasteiger partial charge in [0.25, 0.3) is 0 Å². The molecule has 0 aliphatic rings. The van der Waals surface area contributed by atoms with Crippen molar-refractivity contribution >= 4 is 27.5 Å². The van der Waals surface area contributed by atoms with Gasteiger partial charge in [-0.25, -0.2) is 0 Å². The van der Waals surface area contributed by atoms with Crippen molar-refractivity contribution < 1.29 is 0 Å². The fourth-order valence-electron chi connectivity index (χ4n) is 2.36. The molecule has 1 heterocycles. The first-order valence-electron chi connectivity index (χ1n) is 6.94. The van der Waals surface area contributed by atoms with Crippen LogP contribution in [0.15, 0.2) is 47.1 Å². The van der Waals surface area contributed by atoms with Crippen LogP contribution >= 0.6 is 27.5 Å². The Hall–Kier alpha value is -0.940. The number of hydrogen-bond donors (Lipinski definition) is 1. The van der Waals surface area contributed by atoms with Gasteiger partial charge in [-0.3, -0.25) is 9.88 Å². The predicted molar refractivity (Wildman–Crippen MR) is 91.3 cm³/mol. The number of likely N-dealkylation sites (N-methyl/N-ethyl adjacent to an activating group) is 1. The van der Waals surface area contributed by atoms with Crippen LogP contribution in [0.25, 0.3) is 0 Å². The zero-order valence-corrected chi connectivity index (χ0v) is 14.3. The van der Waals surface area contributed by atoms with E-state index >= 15 is 0 Å². The average molecular weight is 369 g/mol. The molecule has 0 aliphatic carbocycles. The van der Waals surface area contributed by atoms with Gasteiger partial charge in [-0.1, -0.05) is 30.7 Å². The molecule has 0 radical (unpaired) electrons. The first-order chi connectivity index (χ1) is 10.2. The molecule has 1 aromatic heterocycles. The smallest absolute Gasteiger partial charge is 0.0548 e. The molecule has 112 valence electrons. The summed E-state index contributed by atoms with van der Waals surface area (Å²) in [5.41, 5.74) is 8.22. The molecule has 21 heavy (non-hydrogen) atoms. The maximum absolute atomic E-state index is 6.07. The zero-order chi connectivity index (χ0) is 15.2. The van der Waals surface area contributed by atoms with E-state index in [-0.39, 0.29) is 6.04 Å². The van der Waals surface area contributed by atoms with Gasteiger partial charge in [0, 0.05) is 29.8 Å². The summed E-state index contributed by atoms with van der Waals surface area (Å²) in [7, 11) is 0. The second kappa shape index (κ2) is 7.90. The lowest BCUT2D eigenvalue weighted by molar-refractivity contribution is 0.201. The lowest BCUT2D eigenvalue weighted by Gasteiger charge is -2.30. The highest BCUT2D eigenvalue weighted by Crippen LogP contribution is 2.28. The highest BCUT2D eigenvalue weighted by atomic mass is 79.9. The summed E-state index contributed by atoms with van der Waals surface area (Å²) in [5, 5.41) is 0.710. The van der Waals surface area contributed by atoms with Gasteiger partial charge < -0.3 is 5.73 Å². The molecule has 2 aromatic rings. The molecule has 0 spiro atoms. The molecule has 1 unspecified atom stereocenters. The van der Waals surface area contributed by atoms with Gasteiger partial charge in [0.2, 0.25) is 0 Å². The minimum Gasteiger partial charge on any atom is -0.329 e. The Morgan fingerprint density at radius 1 is 1.33 bits per heavy atom. The van der Waals surface area contributed by atoms with Crippen molar-refractivity contribution in [2.24, 2.45) is 5.73 Å². The largest absolute Gasteiger partial charge is 0.329 e. The van der Waals surface area contributed by atoms with Crippen molar-refractivity contribution in [3.05, 3.63) is 63.3 Å². The maximum atomic E-state index is 6.07. The predicted octanol–water partition coefficient (Wildman–Crippen LogP) is 4.02. The first kappa shape index (κ1) is 16.4. The number of nitrogens with zero attached hydrogens (tertiary/aromatic N) is 2. The molecular formula is C16H19BrClN3. The van der Waals surface area contributed by atoms with Crippen LogP contribution < -0.4 is 5.73 Å². The second-order valence-corrected chi connectivity index (χ2v) is 6.07. The van der Waals surface area contributed by atoms with E-state index in [0.717, 1.165) is 28.8 Å². The van der Waals surface area contributed by atoms with E-state index in [4.69, 9.17) is 17.3 Å². The number of benzene rings is 1. The van der Waals surface area contributed by atoms with Crippen LogP contribution in [0, 0.1) is 0 Å².